The van der Waals surface area contributed by atoms with E-state index in [1.54, 1.807) is 17.5 Å². The highest BCUT2D eigenvalue weighted by Crippen LogP contribution is 2.18. The Morgan fingerprint density at radius 2 is 1.97 bits per heavy atom. The van der Waals surface area contributed by atoms with Crippen molar-refractivity contribution in [3.8, 4) is 0 Å². The molecule has 10 heteroatoms. The first-order chi connectivity index (χ1) is 14.0. The normalized spacial score (nSPS) is 10.5. The number of nitrogens with one attached hydrogen (secondary N) is 3. The monoisotopic (exact) mass is 429 g/mol. The molecule has 5 N–H and O–H groups in total. The Morgan fingerprint density at radius 1 is 1.17 bits per heavy atom. The first kappa shape index (κ1) is 20.6. The van der Waals surface area contributed by atoms with Gasteiger partial charge in [0.15, 0.2) is 16.7 Å². The van der Waals surface area contributed by atoms with Gasteiger partial charge in [-0.25, -0.2) is 4.98 Å². The van der Waals surface area contributed by atoms with Gasteiger partial charge in [-0.15, -0.1) is 11.3 Å². The number of benzene rings is 1. The maximum atomic E-state index is 12.2. The Balaban J connectivity index is 1.51. The quantitative estimate of drug-likeness (QED) is 0.321. The molecule has 0 bridgehead atoms. The number of thioether (sulfide) groups is 1. The Labute approximate surface area is 174 Å². The Kier molecular flexibility index (Phi) is 7.04. The van der Waals surface area contributed by atoms with Gasteiger partial charge in [0, 0.05) is 6.54 Å². The van der Waals surface area contributed by atoms with Crippen molar-refractivity contribution in [2.75, 3.05) is 23.3 Å². The van der Waals surface area contributed by atoms with Crippen molar-refractivity contribution in [2.24, 2.45) is 0 Å². The molecule has 2 aromatic heterocycles. The smallest absolute Gasteiger partial charge is 0.277 e. The van der Waals surface area contributed by atoms with Gasteiger partial charge in [0.05, 0.1) is 10.6 Å². The van der Waals surface area contributed by atoms with Gasteiger partial charge in [-0.2, -0.15) is 0 Å². The van der Waals surface area contributed by atoms with Crippen LogP contribution in [0.1, 0.15) is 15.2 Å². The van der Waals surface area contributed by atoms with Crippen LogP contribution in [0.5, 0.6) is 0 Å². The zero-order valence-electron chi connectivity index (χ0n) is 15.3. The Bertz CT molecular complexity index is 1040. The minimum absolute atomic E-state index is 0.0814. The number of carbonyl (C=O) groups is 2. The second kappa shape index (κ2) is 9.89. The molecule has 2 heterocycles. The van der Waals surface area contributed by atoms with E-state index in [4.69, 9.17) is 5.73 Å². The van der Waals surface area contributed by atoms with Crippen molar-refractivity contribution in [2.45, 2.75) is 11.6 Å². The largest absolute Gasteiger partial charge is 0.382 e. The lowest BCUT2D eigenvalue weighted by molar-refractivity contribution is -0.118. The number of carbonyl (C=O) groups excluding carboxylic acids is 2. The van der Waals surface area contributed by atoms with E-state index in [2.05, 4.69) is 20.6 Å². The van der Waals surface area contributed by atoms with E-state index in [9.17, 15) is 14.4 Å². The third kappa shape index (κ3) is 5.93. The summed E-state index contributed by atoms with van der Waals surface area (Å²) in [7, 11) is 0. The summed E-state index contributed by atoms with van der Waals surface area (Å²) >= 11 is 2.31. The minimum atomic E-state index is -0.575. The second-order valence-corrected chi connectivity index (χ2v) is 7.85. The van der Waals surface area contributed by atoms with Crippen LogP contribution in [0.25, 0.3) is 0 Å². The fraction of sp³-hybridized carbons (Fsp3) is 0.158. The number of nitrogen functional groups attached to an aromatic ring is 1. The van der Waals surface area contributed by atoms with Crippen molar-refractivity contribution < 1.29 is 9.59 Å². The predicted molar refractivity (Wildman–Crippen MR) is 115 cm³/mol. The Hall–Kier alpha value is -3.11. The summed E-state index contributed by atoms with van der Waals surface area (Å²) in [6.45, 7) is 0.517. The molecule has 1 aromatic carbocycles. The fourth-order valence-electron chi connectivity index (χ4n) is 2.42. The molecule has 150 valence electrons. The summed E-state index contributed by atoms with van der Waals surface area (Å²) in [5, 5.41) is 7.25. The van der Waals surface area contributed by atoms with Crippen LogP contribution in [-0.4, -0.2) is 34.1 Å². The summed E-state index contributed by atoms with van der Waals surface area (Å²) in [6, 6.07) is 13.2. The summed E-state index contributed by atoms with van der Waals surface area (Å²) in [4.78, 5) is 43.4. The van der Waals surface area contributed by atoms with Crippen LogP contribution in [0.4, 0.5) is 11.5 Å². The highest BCUT2D eigenvalue weighted by molar-refractivity contribution is 7.99. The van der Waals surface area contributed by atoms with Crippen molar-refractivity contribution in [1.29, 1.82) is 0 Å². The number of aromatic amines is 1. The number of rotatable bonds is 8. The van der Waals surface area contributed by atoms with E-state index in [0.717, 1.165) is 23.7 Å². The lowest BCUT2D eigenvalue weighted by Gasteiger charge is -2.08. The van der Waals surface area contributed by atoms with Crippen LogP contribution in [0.3, 0.4) is 0 Å². The molecular formula is C19H19N5O3S2. The third-order valence-corrected chi connectivity index (χ3v) is 5.57. The van der Waals surface area contributed by atoms with Crippen molar-refractivity contribution in [3.63, 3.8) is 0 Å². The number of hydrogen-bond acceptors (Lipinski definition) is 7. The molecule has 0 saturated heterocycles. The number of thiophene rings is 1. The summed E-state index contributed by atoms with van der Waals surface area (Å²) in [6.07, 6.45) is 0.734. The van der Waals surface area contributed by atoms with Crippen LogP contribution in [0.2, 0.25) is 0 Å². The highest BCUT2D eigenvalue weighted by Gasteiger charge is 2.15. The standard InChI is InChI=1S/C19H19N5O3S2/c20-16-15(22-17(26)13-7-4-10-28-13)18(27)24-19(23-16)29-11-14(25)21-9-8-12-5-2-1-3-6-12/h1-7,10H,8-9,11H2,(H,21,25)(H,22,26)(H3,20,23,24,27). The minimum Gasteiger partial charge on any atom is -0.382 e. The van der Waals surface area contributed by atoms with E-state index in [1.807, 2.05) is 30.3 Å². The topological polar surface area (TPSA) is 130 Å². The van der Waals surface area contributed by atoms with Crippen molar-refractivity contribution >= 4 is 46.4 Å². The fourth-order valence-corrected chi connectivity index (χ4v) is 3.73. The van der Waals surface area contributed by atoms with Crippen LogP contribution < -0.4 is 21.9 Å². The van der Waals surface area contributed by atoms with Gasteiger partial charge in [-0.1, -0.05) is 48.2 Å². The molecule has 3 rings (SSSR count). The molecule has 0 saturated carbocycles. The van der Waals surface area contributed by atoms with E-state index in [0.29, 0.717) is 11.4 Å². The van der Waals surface area contributed by atoms with Crippen molar-refractivity contribution in [3.05, 3.63) is 68.6 Å². The lowest BCUT2D eigenvalue weighted by atomic mass is 10.1. The van der Waals surface area contributed by atoms with Gasteiger partial charge in [0.25, 0.3) is 11.5 Å². The zero-order valence-corrected chi connectivity index (χ0v) is 16.9. The van der Waals surface area contributed by atoms with E-state index >= 15 is 0 Å². The second-order valence-electron chi connectivity index (χ2n) is 5.94. The highest BCUT2D eigenvalue weighted by atomic mass is 32.2. The molecule has 0 fully saturated rings. The van der Waals surface area contributed by atoms with Gasteiger partial charge < -0.3 is 16.4 Å². The summed E-state index contributed by atoms with van der Waals surface area (Å²) < 4.78 is 0. The SMILES string of the molecule is Nc1nc(SCC(=O)NCCc2ccccc2)[nH]c(=O)c1NC(=O)c1cccs1. The van der Waals surface area contributed by atoms with Gasteiger partial charge in [0.2, 0.25) is 5.91 Å². The average Bonchev–Trinajstić information content (AvgIpc) is 3.25. The molecule has 2 amide bonds. The molecule has 3 aromatic rings. The maximum absolute atomic E-state index is 12.2. The van der Waals surface area contributed by atoms with Crippen LogP contribution in [-0.2, 0) is 11.2 Å². The molecule has 0 spiro atoms. The third-order valence-electron chi connectivity index (χ3n) is 3.83. The van der Waals surface area contributed by atoms with Crippen LogP contribution in [0, 0.1) is 0 Å². The number of amides is 2. The van der Waals surface area contributed by atoms with Gasteiger partial charge in [-0.3, -0.25) is 19.4 Å². The van der Waals surface area contributed by atoms with Crippen LogP contribution in [0.15, 0.2) is 57.8 Å². The number of anilines is 2. The predicted octanol–water partition coefficient (Wildman–Crippen LogP) is 2.12. The van der Waals surface area contributed by atoms with E-state index in [1.165, 1.54) is 11.3 Å². The first-order valence-electron chi connectivity index (χ1n) is 8.71. The van der Waals surface area contributed by atoms with Crippen molar-refractivity contribution in [1.82, 2.24) is 15.3 Å². The number of nitrogens with two attached hydrogens (primary N) is 1. The van der Waals surface area contributed by atoms with E-state index in [-0.39, 0.29) is 28.3 Å². The van der Waals surface area contributed by atoms with Crippen LogP contribution >= 0.6 is 23.1 Å². The molecule has 0 aliphatic heterocycles. The average molecular weight is 430 g/mol. The van der Waals surface area contributed by atoms with Gasteiger partial charge >= 0.3 is 0 Å². The number of aromatic nitrogens is 2. The van der Waals surface area contributed by atoms with Gasteiger partial charge in [0.1, 0.15) is 0 Å². The van der Waals surface area contributed by atoms with E-state index < -0.39 is 11.5 Å². The molecule has 0 radical (unpaired) electrons. The number of hydrogen-bond donors (Lipinski definition) is 4. The molecule has 0 atom stereocenters. The number of nitrogens with zero attached hydrogens (tertiary/aromatic N) is 1. The molecule has 8 nitrogen and oxygen atoms in total. The lowest BCUT2D eigenvalue weighted by Crippen LogP contribution is -2.27. The first-order valence-corrected chi connectivity index (χ1v) is 10.6. The summed E-state index contributed by atoms with van der Waals surface area (Å²) in [5.41, 5.74) is 6.27. The zero-order chi connectivity index (χ0) is 20.6. The molecule has 0 unspecified atom stereocenters. The molecule has 0 aliphatic rings. The van der Waals surface area contributed by atoms with Gasteiger partial charge in [-0.05, 0) is 23.4 Å². The maximum Gasteiger partial charge on any atom is 0.277 e. The summed E-state index contributed by atoms with van der Waals surface area (Å²) in [5.74, 6) is -0.636. The molecule has 29 heavy (non-hydrogen) atoms. The number of H-pyrrole nitrogens is 1. The molecule has 0 aliphatic carbocycles. The molecular weight excluding hydrogens is 410 g/mol. The Morgan fingerprint density at radius 3 is 2.66 bits per heavy atom.